The third-order valence-electron chi connectivity index (χ3n) is 12.7. The molecule has 64 heavy (non-hydrogen) atoms. The van der Waals surface area contributed by atoms with E-state index in [-0.39, 0.29) is 0 Å². The summed E-state index contributed by atoms with van der Waals surface area (Å²) in [7, 11) is 0. The number of hydrogen-bond acceptors (Lipinski definition) is 6. The SMILES string of the molecule is c1ccc(-n2c3ccccc3c3ccc(-c4cccc5c4sc4cccc(-c6nc(-c7ccc8c(c7)oc7ccccc78)nc(-c7cccc8c7sc7ccccc78)n6)c45)cc32)cc1. The standard InChI is InChI=1S/C57H32N4OS2/c1-2-13-35(14-3-1)61-46-23-7-4-15-37(46)38-29-27-33(31-47(38)61)36-18-10-20-43-52-44(21-12-26-51(52)64-53(36)43)56-58-55(34-28-30-40-39-16-5-8-24-48(39)62-49(40)32-34)59-57(60-56)45-22-11-19-42-41-17-6-9-25-50(41)63-54(42)45/h1-32H. The lowest BCUT2D eigenvalue weighted by molar-refractivity contribution is 0.669. The van der Waals surface area contributed by atoms with Gasteiger partial charge in [-0.2, -0.15) is 0 Å². The average molecular weight is 853 g/mol. The maximum absolute atomic E-state index is 6.38. The molecule has 0 fully saturated rings. The predicted molar refractivity (Wildman–Crippen MR) is 269 cm³/mol. The molecule has 0 N–H and O–H groups in total. The smallest absolute Gasteiger partial charge is 0.165 e. The second kappa shape index (κ2) is 13.8. The maximum atomic E-state index is 6.38. The monoisotopic (exact) mass is 852 g/mol. The van der Waals surface area contributed by atoms with E-state index < -0.39 is 0 Å². The molecule has 298 valence electrons. The minimum absolute atomic E-state index is 0.597. The Hall–Kier alpha value is -7.97. The molecule has 0 aliphatic heterocycles. The molecule has 0 saturated heterocycles. The molecule has 7 heteroatoms. The molecule has 0 spiro atoms. The van der Waals surface area contributed by atoms with Crippen LogP contribution in [-0.4, -0.2) is 19.5 Å². The van der Waals surface area contributed by atoms with Gasteiger partial charge in [-0.1, -0.05) is 133 Å². The molecule has 0 aliphatic carbocycles. The Morgan fingerprint density at radius 1 is 0.359 bits per heavy atom. The highest BCUT2D eigenvalue weighted by Gasteiger charge is 2.22. The number of para-hydroxylation sites is 3. The molecule has 0 radical (unpaired) electrons. The summed E-state index contributed by atoms with van der Waals surface area (Å²) in [5.74, 6) is 1.87. The lowest BCUT2D eigenvalue weighted by atomic mass is 9.99. The fourth-order valence-electron chi connectivity index (χ4n) is 9.79. The summed E-state index contributed by atoms with van der Waals surface area (Å²) in [6.07, 6.45) is 0. The first-order valence-corrected chi connectivity index (χ1v) is 23.0. The van der Waals surface area contributed by atoms with Gasteiger partial charge in [0.05, 0.1) is 11.0 Å². The molecule has 0 amide bonds. The number of aromatic nitrogens is 4. The first-order valence-electron chi connectivity index (χ1n) is 21.3. The molecule has 0 atom stereocenters. The van der Waals surface area contributed by atoms with Crippen LogP contribution in [0.4, 0.5) is 0 Å². The van der Waals surface area contributed by atoms with Gasteiger partial charge in [-0.3, -0.25) is 0 Å². The first-order chi connectivity index (χ1) is 31.7. The van der Waals surface area contributed by atoms with E-state index in [1.807, 2.05) is 29.5 Å². The van der Waals surface area contributed by atoms with Crippen molar-refractivity contribution in [2.24, 2.45) is 0 Å². The van der Waals surface area contributed by atoms with Gasteiger partial charge in [-0.25, -0.2) is 15.0 Å². The summed E-state index contributed by atoms with van der Waals surface area (Å²) >= 11 is 3.60. The van der Waals surface area contributed by atoms with Crippen molar-refractivity contribution < 1.29 is 4.42 Å². The normalized spacial score (nSPS) is 12.1. The van der Waals surface area contributed by atoms with Crippen molar-refractivity contribution in [3.63, 3.8) is 0 Å². The van der Waals surface area contributed by atoms with E-state index >= 15 is 0 Å². The Morgan fingerprint density at radius 2 is 0.953 bits per heavy atom. The van der Waals surface area contributed by atoms with Gasteiger partial charge in [0.25, 0.3) is 0 Å². The molecule has 14 aromatic rings. The molecule has 5 heterocycles. The lowest BCUT2D eigenvalue weighted by Crippen LogP contribution is -2.00. The Bertz CT molecular complexity index is 4210. The van der Waals surface area contributed by atoms with Gasteiger partial charge in [-0.15, -0.1) is 22.7 Å². The van der Waals surface area contributed by atoms with Gasteiger partial charge >= 0.3 is 0 Å². The fraction of sp³-hybridized carbons (Fsp3) is 0. The highest BCUT2D eigenvalue weighted by molar-refractivity contribution is 7.26. The van der Waals surface area contributed by atoms with Crippen molar-refractivity contribution in [2.75, 3.05) is 0 Å². The van der Waals surface area contributed by atoms with Gasteiger partial charge in [0, 0.05) is 84.3 Å². The van der Waals surface area contributed by atoms with Crippen LogP contribution in [0, 0.1) is 0 Å². The Morgan fingerprint density at radius 3 is 1.86 bits per heavy atom. The maximum Gasteiger partial charge on any atom is 0.165 e. The van der Waals surface area contributed by atoms with Crippen LogP contribution in [0.2, 0.25) is 0 Å². The lowest BCUT2D eigenvalue weighted by Gasteiger charge is -2.11. The largest absolute Gasteiger partial charge is 0.456 e. The number of furan rings is 1. The summed E-state index contributed by atoms with van der Waals surface area (Å²) in [6.45, 7) is 0. The van der Waals surface area contributed by atoms with Crippen LogP contribution >= 0.6 is 22.7 Å². The molecule has 0 bridgehead atoms. The molecular formula is C57H32N4OS2. The molecule has 0 saturated carbocycles. The van der Waals surface area contributed by atoms with Crippen molar-refractivity contribution >= 4 is 107 Å². The Balaban J connectivity index is 0.986. The molecule has 0 aliphatic rings. The van der Waals surface area contributed by atoms with E-state index in [1.165, 1.54) is 63.2 Å². The van der Waals surface area contributed by atoms with Gasteiger partial charge in [0.2, 0.25) is 0 Å². The minimum Gasteiger partial charge on any atom is -0.456 e. The van der Waals surface area contributed by atoms with Crippen LogP contribution < -0.4 is 0 Å². The highest BCUT2D eigenvalue weighted by atomic mass is 32.1. The van der Waals surface area contributed by atoms with E-state index in [2.05, 4.69) is 180 Å². The minimum atomic E-state index is 0.597. The van der Waals surface area contributed by atoms with Crippen molar-refractivity contribution in [3.8, 4) is 51.0 Å². The number of hydrogen-bond donors (Lipinski definition) is 0. The zero-order chi connectivity index (χ0) is 41.9. The topological polar surface area (TPSA) is 56.7 Å². The number of benzene rings is 9. The van der Waals surface area contributed by atoms with Crippen LogP contribution in [-0.2, 0) is 0 Å². The van der Waals surface area contributed by atoms with Gasteiger partial charge in [0.1, 0.15) is 11.2 Å². The summed E-state index contributed by atoms with van der Waals surface area (Å²) in [5.41, 5.74) is 10.4. The number of fused-ring (bicyclic) bond motifs is 12. The fourth-order valence-corrected chi connectivity index (χ4v) is 12.3. The third kappa shape index (κ3) is 5.32. The second-order valence-corrected chi connectivity index (χ2v) is 18.4. The third-order valence-corrected chi connectivity index (χ3v) is 15.1. The number of nitrogens with zero attached hydrogens (tertiary/aromatic N) is 4. The van der Waals surface area contributed by atoms with Crippen LogP contribution in [0.3, 0.4) is 0 Å². The number of thiophene rings is 2. The van der Waals surface area contributed by atoms with Gasteiger partial charge in [-0.05, 0) is 71.8 Å². The van der Waals surface area contributed by atoms with Crippen molar-refractivity contribution in [3.05, 3.63) is 194 Å². The van der Waals surface area contributed by atoms with Gasteiger partial charge < -0.3 is 8.98 Å². The second-order valence-electron chi connectivity index (χ2n) is 16.3. The Kier molecular flexibility index (Phi) is 7.66. The van der Waals surface area contributed by atoms with E-state index in [0.717, 1.165) is 54.4 Å². The van der Waals surface area contributed by atoms with Crippen LogP contribution in [0.1, 0.15) is 0 Å². The summed E-state index contributed by atoms with van der Waals surface area (Å²) in [4.78, 5) is 16.0. The molecule has 0 unspecified atom stereocenters. The van der Waals surface area contributed by atoms with E-state index in [0.29, 0.717) is 17.5 Å². The van der Waals surface area contributed by atoms with E-state index in [9.17, 15) is 0 Å². The zero-order valence-corrected chi connectivity index (χ0v) is 35.6. The highest BCUT2D eigenvalue weighted by Crippen LogP contribution is 2.46. The molecule has 5 aromatic heterocycles. The molecular weight excluding hydrogens is 821 g/mol. The van der Waals surface area contributed by atoms with Crippen LogP contribution in [0.5, 0.6) is 0 Å². The zero-order valence-electron chi connectivity index (χ0n) is 34.0. The average Bonchev–Trinajstić information content (AvgIpc) is 4.12. The number of rotatable bonds is 5. The summed E-state index contributed by atoms with van der Waals surface area (Å²) < 4.78 is 13.6. The van der Waals surface area contributed by atoms with E-state index in [4.69, 9.17) is 19.4 Å². The van der Waals surface area contributed by atoms with E-state index in [1.54, 1.807) is 11.3 Å². The van der Waals surface area contributed by atoms with Crippen LogP contribution in [0.15, 0.2) is 199 Å². The summed E-state index contributed by atoms with van der Waals surface area (Å²) in [5, 5.41) is 9.39. The predicted octanol–water partition coefficient (Wildman–Crippen LogP) is 16.3. The molecule has 5 nitrogen and oxygen atoms in total. The Labute approximate surface area is 373 Å². The van der Waals surface area contributed by atoms with Crippen LogP contribution in [0.25, 0.3) is 135 Å². The van der Waals surface area contributed by atoms with Crippen molar-refractivity contribution in [1.29, 1.82) is 0 Å². The summed E-state index contributed by atoms with van der Waals surface area (Å²) in [6, 6.07) is 69.0. The quantitative estimate of drug-likeness (QED) is 0.173. The molecule has 9 aromatic carbocycles. The van der Waals surface area contributed by atoms with Gasteiger partial charge in [0.15, 0.2) is 17.5 Å². The molecule has 14 rings (SSSR count). The van der Waals surface area contributed by atoms with Crippen molar-refractivity contribution in [2.45, 2.75) is 0 Å². The van der Waals surface area contributed by atoms with Crippen molar-refractivity contribution in [1.82, 2.24) is 19.5 Å². The first kappa shape index (κ1) is 35.6.